The van der Waals surface area contributed by atoms with E-state index < -0.39 is 5.97 Å². The third-order valence-corrected chi connectivity index (χ3v) is 4.01. The van der Waals surface area contributed by atoms with E-state index in [1.807, 2.05) is 36.4 Å². The molecule has 3 rings (SSSR count). The smallest absolute Gasteiger partial charge is 0.345 e. The molecule has 2 heterocycles. The normalized spacial score (nSPS) is 19.3. The van der Waals surface area contributed by atoms with Gasteiger partial charge in [0.25, 0.3) is 0 Å². The molecule has 5 heteroatoms. The minimum Gasteiger partial charge on any atom is -0.493 e. The summed E-state index contributed by atoms with van der Waals surface area (Å²) in [6.45, 7) is 1.80. The molecule has 1 aromatic rings. The van der Waals surface area contributed by atoms with E-state index in [9.17, 15) is 4.79 Å². The molecule has 0 radical (unpaired) electrons. The molecule has 1 fully saturated rings. The zero-order valence-corrected chi connectivity index (χ0v) is 13.4. The molecule has 0 aliphatic carbocycles. The molecule has 1 aromatic carbocycles. The average molecular weight is 312 g/mol. The van der Waals surface area contributed by atoms with Crippen LogP contribution in [0.1, 0.15) is 18.4 Å². The van der Waals surface area contributed by atoms with Gasteiger partial charge in [-0.05, 0) is 24.5 Å². The van der Waals surface area contributed by atoms with Crippen molar-refractivity contribution in [2.24, 2.45) is 4.99 Å². The summed E-state index contributed by atoms with van der Waals surface area (Å²) in [5.74, 6) is 0.722. The number of nitrogens with zero attached hydrogens (tertiary/aromatic N) is 2. The molecule has 120 valence electrons. The van der Waals surface area contributed by atoms with Crippen molar-refractivity contribution < 1.29 is 14.3 Å². The molecule has 0 amide bonds. The fraction of sp³-hybridized carbons (Fsp3) is 0.333. The third kappa shape index (κ3) is 2.99. The van der Waals surface area contributed by atoms with E-state index in [1.54, 1.807) is 7.11 Å². The predicted molar refractivity (Wildman–Crippen MR) is 88.7 cm³/mol. The second-order valence-electron chi connectivity index (χ2n) is 5.47. The van der Waals surface area contributed by atoms with E-state index in [0.29, 0.717) is 22.9 Å². The van der Waals surface area contributed by atoms with Gasteiger partial charge in [-0.2, -0.15) is 0 Å². The Morgan fingerprint density at radius 1 is 1.17 bits per heavy atom. The molecule has 5 nitrogen and oxygen atoms in total. The van der Waals surface area contributed by atoms with E-state index >= 15 is 0 Å². The Labute approximate surface area is 135 Å². The fourth-order valence-electron chi connectivity index (χ4n) is 2.91. The first-order valence-corrected chi connectivity index (χ1v) is 7.72. The van der Waals surface area contributed by atoms with Gasteiger partial charge in [-0.1, -0.05) is 30.3 Å². The lowest BCUT2D eigenvalue weighted by Crippen LogP contribution is -2.31. The number of ether oxygens (including phenoxy) is 2. The maximum atomic E-state index is 12.3. The van der Waals surface area contributed by atoms with Crippen LogP contribution in [0.4, 0.5) is 0 Å². The van der Waals surface area contributed by atoms with Crippen LogP contribution in [0.3, 0.4) is 0 Å². The van der Waals surface area contributed by atoms with Gasteiger partial charge in [0.05, 0.1) is 14.2 Å². The van der Waals surface area contributed by atoms with Crippen molar-refractivity contribution in [2.75, 3.05) is 27.3 Å². The Balaban J connectivity index is 2.06. The lowest BCUT2D eigenvalue weighted by atomic mass is 10.1. The molecule has 2 aliphatic heterocycles. The number of carbonyl (C=O) groups excluding carboxylic acids is 1. The Morgan fingerprint density at radius 3 is 2.48 bits per heavy atom. The van der Waals surface area contributed by atoms with Gasteiger partial charge < -0.3 is 14.4 Å². The molecule has 0 spiro atoms. The number of rotatable bonds is 3. The maximum Gasteiger partial charge on any atom is 0.345 e. The number of amidine groups is 1. The van der Waals surface area contributed by atoms with Crippen LogP contribution >= 0.6 is 0 Å². The summed E-state index contributed by atoms with van der Waals surface area (Å²) in [6, 6.07) is 9.86. The van der Waals surface area contributed by atoms with Crippen LogP contribution in [0, 0.1) is 0 Å². The van der Waals surface area contributed by atoms with Crippen molar-refractivity contribution in [3.8, 4) is 0 Å². The van der Waals surface area contributed by atoms with Crippen LogP contribution in [0.2, 0.25) is 0 Å². The summed E-state index contributed by atoms with van der Waals surface area (Å²) in [7, 11) is 2.93. The Hall–Kier alpha value is -2.56. The van der Waals surface area contributed by atoms with E-state index in [-0.39, 0.29) is 0 Å². The van der Waals surface area contributed by atoms with Gasteiger partial charge in [0.15, 0.2) is 5.76 Å². The number of likely N-dealkylation sites (tertiary alicyclic amines) is 1. The number of carbonyl (C=O) groups is 1. The summed E-state index contributed by atoms with van der Waals surface area (Å²) >= 11 is 0. The zero-order valence-electron chi connectivity index (χ0n) is 13.4. The maximum absolute atomic E-state index is 12.3. The first kappa shape index (κ1) is 15.3. The molecule has 0 N–H and O–H groups in total. The lowest BCUT2D eigenvalue weighted by Gasteiger charge is -2.18. The number of methoxy groups -OCH3 is 2. The van der Waals surface area contributed by atoms with Gasteiger partial charge in [-0.25, -0.2) is 9.79 Å². The number of benzene rings is 1. The Morgan fingerprint density at radius 2 is 1.87 bits per heavy atom. The minimum atomic E-state index is -0.413. The first-order valence-electron chi connectivity index (χ1n) is 7.72. The SMILES string of the molecule is COC(=O)C1=C(OC)/C(=C/c2ccccc2)N=C1N1CCCC1. The molecule has 1 saturated heterocycles. The van der Waals surface area contributed by atoms with Crippen molar-refractivity contribution >= 4 is 17.9 Å². The fourth-order valence-corrected chi connectivity index (χ4v) is 2.91. The number of hydrogen-bond donors (Lipinski definition) is 0. The standard InChI is InChI=1S/C18H20N2O3/c1-22-16-14(12-13-8-4-3-5-9-13)19-17(15(16)18(21)23-2)20-10-6-7-11-20/h3-5,8-9,12H,6-7,10-11H2,1-2H3/b14-12-. The molecular formula is C18H20N2O3. The molecule has 2 aliphatic rings. The molecular weight excluding hydrogens is 292 g/mol. The Bertz CT molecular complexity index is 683. The summed E-state index contributed by atoms with van der Waals surface area (Å²) in [5.41, 5.74) is 2.08. The van der Waals surface area contributed by atoms with Crippen LogP contribution in [0.5, 0.6) is 0 Å². The van der Waals surface area contributed by atoms with Crippen molar-refractivity contribution in [3.63, 3.8) is 0 Å². The van der Waals surface area contributed by atoms with Crippen LogP contribution in [0.15, 0.2) is 52.4 Å². The second-order valence-corrected chi connectivity index (χ2v) is 5.47. The van der Waals surface area contributed by atoms with Crippen molar-refractivity contribution in [1.82, 2.24) is 4.90 Å². The Kier molecular flexibility index (Phi) is 4.46. The number of esters is 1. The molecule has 0 bridgehead atoms. The quantitative estimate of drug-likeness (QED) is 0.805. The van der Waals surface area contributed by atoms with Crippen LogP contribution in [0.25, 0.3) is 6.08 Å². The van der Waals surface area contributed by atoms with Gasteiger partial charge in [-0.15, -0.1) is 0 Å². The van der Waals surface area contributed by atoms with E-state index in [1.165, 1.54) is 7.11 Å². The molecule has 0 atom stereocenters. The number of hydrogen-bond acceptors (Lipinski definition) is 5. The topological polar surface area (TPSA) is 51.1 Å². The summed E-state index contributed by atoms with van der Waals surface area (Å²) in [5, 5.41) is 0. The zero-order chi connectivity index (χ0) is 16.2. The highest BCUT2D eigenvalue weighted by Crippen LogP contribution is 2.31. The largest absolute Gasteiger partial charge is 0.493 e. The van der Waals surface area contributed by atoms with Gasteiger partial charge >= 0.3 is 5.97 Å². The number of aliphatic imine (C=N–C) groups is 1. The molecule has 0 saturated carbocycles. The van der Waals surface area contributed by atoms with Crippen LogP contribution in [-0.4, -0.2) is 44.0 Å². The van der Waals surface area contributed by atoms with Crippen molar-refractivity contribution in [3.05, 3.63) is 52.9 Å². The van der Waals surface area contributed by atoms with E-state index in [2.05, 4.69) is 9.89 Å². The van der Waals surface area contributed by atoms with Crippen LogP contribution < -0.4 is 0 Å². The first-order chi connectivity index (χ1) is 11.2. The highest BCUT2D eigenvalue weighted by Gasteiger charge is 2.35. The highest BCUT2D eigenvalue weighted by atomic mass is 16.5. The van der Waals surface area contributed by atoms with Crippen molar-refractivity contribution in [1.29, 1.82) is 0 Å². The second kappa shape index (κ2) is 6.69. The third-order valence-electron chi connectivity index (χ3n) is 4.01. The highest BCUT2D eigenvalue weighted by molar-refractivity contribution is 6.22. The molecule has 23 heavy (non-hydrogen) atoms. The van der Waals surface area contributed by atoms with E-state index in [0.717, 1.165) is 31.5 Å². The summed E-state index contributed by atoms with van der Waals surface area (Å²) in [4.78, 5) is 19.0. The van der Waals surface area contributed by atoms with Gasteiger partial charge in [-0.3, -0.25) is 0 Å². The van der Waals surface area contributed by atoms with E-state index in [4.69, 9.17) is 9.47 Å². The van der Waals surface area contributed by atoms with Crippen LogP contribution in [-0.2, 0) is 14.3 Å². The summed E-state index contributed by atoms with van der Waals surface area (Å²) in [6.07, 6.45) is 4.13. The lowest BCUT2D eigenvalue weighted by molar-refractivity contribution is -0.135. The van der Waals surface area contributed by atoms with Gasteiger partial charge in [0.1, 0.15) is 17.1 Å². The van der Waals surface area contributed by atoms with Crippen molar-refractivity contribution in [2.45, 2.75) is 12.8 Å². The summed E-state index contributed by atoms with van der Waals surface area (Å²) < 4.78 is 10.4. The minimum absolute atomic E-state index is 0.413. The monoisotopic (exact) mass is 312 g/mol. The molecule has 0 aromatic heterocycles. The van der Waals surface area contributed by atoms with Gasteiger partial charge in [0.2, 0.25) is 0 Å². The average Bonchev–Trinajstić information content (AvgIpc) is 3.22. The van der Waals surface area contributed by atoms with Gasteiger partial charge in [0, 0.05) is 13.1 Å². The molecule has 0 unspecified atom stereocenters. The predicted octanol–water partition coefficient (Wildman–Crippen LogP) is 2.61.